The number of benzene rings is 1. The first-order valence-corrected chi connectivity index (χ1v) is 13.4. The first-order chi connectivity index (χ1) is 17.8. The van der Waals surface area contributed by atoms with E-state index in [1.54, 1.807) is 6.20 Å². The Bertz CT molecular complexity index is 1270. The van der Waals surface area contributed by atoms with E-state index in [1.807, 2.05) is 4.57 Å². The van der Waals surface area contributed by atoms with Crippen LogP contribution in [-0.4, -0.2) is 43.2 Å². The number of amides is 1. The van der Waals surface area contributed by atoms with Crippen LogP contribution in [0.3, 0.4) is 0 Å². The van der Waals surface area contributed by atoms with Gasteiger partial charge in [0.25, 0.3) is 0 Å². The second-order valence-electron chi connectivity index (χ2n) is 9.98. The van der Waals surface area contributed by atoms with Gasteiger partial charge in [0.1, 0.15) is 11.3 Å². The number of carbonyl (C=O) groups is 1. The lowest BCUT2D eigenvalue weighted by molar-refractivity contribution is -0.122. The molecule has 2 saturated carbocycles. The molecule has 1 aromatic carbocycles. The van der Waals surface area contributed by atoms with Gasteiger partial charge in [0.15, 0.2) is 5.65 Å². The van der Waals surface area contributed by atoms with E-state index in [9.17, 15) is 14.3 Å². The van der Waals surface area contributed by atoms with Gasteiger partial charge in [-0.1, -0.05) is 36.0 Å². The van der Waals surface area contributed by atoms with Crippen LogP contribution in [0.1, 0.15) is 57.4 Å². The quantitative estimate of drug-likeness (QED) is 0.318. The number of aliphatic hydroxyl groups is 1. The molecule has 2 aromatic heterocycles. The van der Waals surface area contributed by atoms with Gasteiger partial charge in [-0.15, -0.1) is 0 Å². The number of carbonyl (C=O) groups excluding carboxylic acids is 1. The molecule has 12 heteroatoms. The van der Waals surface area contributed by atoms with Gasteiger partial charge in [-0.05, 0) is 50.7 Å². The Morgan fingerprint density at radius 1 is 1.14 bits per heavy atom. The van der Waals surface area contributed by atoms with Crippen LogP contribution in [0.15, 0.2) is 18.3 Å². The summed E-state index contributed by atoms with van der Waals surface area (Å²) in [5, 5.41) is 16.9. The molecule has 1 amide bonds. The molecule has 198 valence electrons. The molecule has 0 radical (unpaired) electrons. The van der Waals surface area contributed by atoms with Crippen molar-refractivity contribution < 1.29 is 14.3 Å². The zero-order chi connectivity index (χ0) is 26.1. The summed E-state index contributed by atoms with van der Waals surface area (Å²) in [6, 6.07) is 2.60. The lowest BCUT2D eigenvalue weighted by Gasteiger charge is -2.29. The summed E-state index contributed by atoms with van der Waals surface area (Å²) in [6.45, 7) is 0.571. The normalized spacial score (nSPS) is 24.2. The van der Waals surface area contributed by atoms with E-state index < -0.39 is 5.82 Å². The van der Waals surface area contributed by atoms with Crippen LogP contribution >= 0.6 is 23.2 Å². The van der Waals surface area contributed by atoms with Crippen LogP contribution in [0.2, 0.25) is 10.0 Å². The van der Waals surface area contributed by atoms with Crippen molar-refractivity contribution in [1.29, 1.82) is 0 Å². The molecule has 2 fully saturated rings. The zero-order valence-electron chi connectivity index (χ0n) is 20.3. The number of aliphatic hydroxyl groups excluding tert-OH is 1. The number of rotatable bonds is 7. The van der Waals surface area contributed by atoms with Crippen molar-refractivity contribution in [2.75, 3.05) is 17.2 Å². The van der Waals surface area contributed by atoms with Gasteiger partial charge in [0, 0.05) is 29.4 Å². The predicted octanol–water partition coefficient (Wildman–Crippen LogP) is 5.20. The molecule has 0 saturated heterocycles. The van der Waals surface area contributed by atoms with E-state index in [0.717, 1.165) is 25.7 Å². The van der Waals surface area contributed by atoms with Crippen molar-refractivity contribution in [1.82, 2.24) is 19.5 Å². The van der Waals surface area contributed by atoms with E-state index >= 15 is 0 Å². The summed E-state index contributed by atoms with van der Waals surface area (Å²) < 4.78 is 16.7. The summed E-state index contributed by atoms with van der Waals surface area (Å²) in [5.41, 5.74) is 6.72. The number of imidazole rings is 1. The van der Waals surface area contributed by atoms with Crippen LogP contribution in [0.5, 0.6) is 0 Å². The molecular weight excluding hydrogens is 520 g/mol. The van der Waals surface area contributed by atoms with Gasteiger partial charge < -0.3 is 21.5 Å². The third-order valence-corrected chi connectivity index (χ3v) is 8.05. The molecule has 0 spiro atoms. The van der Waals surface area contributed by atoms with Crippen LogP contribution < -0.4 is 16.4 Å². The first kappa shape index (κ1) is 25.9. The van der Waals surface area contributed by atoms with Gasteiger partial charge >= 0.3 is 0 Å². The average molecular weight is 550 g/mol. The van der Waals surface area contributed by atoms with Crippen molar-refractivity contribution in [2.45, 2.75) is 63.5 Å². The van der Waals surface area contributed by atoms with E-state index in [1.165, 1.54) is 12.1 Å². The fraction of sp³-hybridized carbons (Fsp3) is 0.520. The van der Waals surface area contributed by atoms with Crippen molar-refractivity contribution in [3.05, 3.63) is 34.2 Å². The monoisotopic (exact) mass is 549 g/mol. The minimum absolute atomic E-state index is 0.0415. The SMILES string of the molecule is NC(=O)C1CCC(n2c(Nc3c(F)cc(Cl)cc3Cl)nc3cnc(NC[C@@H]4CCCC[C@H]4O)nc32)CC1. The summed E-state index contributed by atoms with van der Waals surface area (Å²) >= 11 is 12.2. The van der Waals surface area contributed by atoms with E-state index in [-0.39, 0.29) is 45.6 Å². The number of anilines is 3. The summed E-state index contributed by atoms with van der Waals surface area (Å²) in [5.74, 6) is -0.114. The molecule has 0 bridgehead atoms. The molecule has 2 atom stereocenters. The van der Waals surface area contributed by atoms with Crippen LogP contribution in [0, 0.1) is 17.7 Å². The molecule has 2 aliphatic carbocycles. The lowest BCUT2D eigenvalue weighted by atomic mass is 9.85. The molecule has 2 heterocycles. The van der Waals surface area contributed by atoms with Gasteiger partial charge in [-0.25, -0.2) is 14.4 Å². The van der Waals surface area contributed by atoms with Crippen molar-refractivity contribution in [2.24, 2.45) is 17.6 Å². The summed E-state index contributed by atoms with van der Waals surface area (Å²) in [6.07, 6.45) is 7.87. The molecule has 0 unspecified atom stereocenters. The Hall–Kier alpha value is -2.69. The predicted molar refractivity (Wildman–Crippen MR) is 142 cm³/mol. The van der Waals surface area contributed by atoms with Crippen molar-refractivity contribution in [3.8, 4) is 0 Å². The minimum atomic E-state index is -0.604. The highest BCUT2D eigenvalue weighted by Gasteiger charge is 2.30. The number of nitrogens with two attached hydrogens (primary N) is 1. The van der Waals surface area contributed by atoms with Crippen LogP contribution in [-0.2, 0) is 4.79 Å². The smallest absolute Gasteiger partial charge is 0.224 e. The molecule has 5 N–H and O–H groups in total. The minimum Gasteiger partial charge on any atom is -0.393 e. The molecule has 0 aliphatic heterocycles. The third-order valence-electron chi connectivity index (χ3n) is 7.53. The number of primary amides is 1. The fourth-order valence-electron chi connectivity index (χ4n) is 5.45. The molecule has 37 heavy (non-hydrogen) atoms. The maximum atomic E-state index is 14.8. The zero-order valence-corrected chi connectivity index (χ0v) is 21.8. The number of fused-ring (bicyclic) bond motifs is 1. The summed E-state index contributed by atoms with van der Waals surface area (Å²) in [7, 11) is 0. The van der Waals surface area contributed by atoms with Gasteiger partial charge in [-0.2, -0.15) is 4.98 Å². The second kappa shape index (κ2) is 11.0. The highest BCUT2D eigenvalue weighted by molar-refractivity contribution is 6.36. The van der Waals surface area contributed by atoms with Gasteiger partial charge in [0.05, 0.1) is 23.0 Å². The fourth-order valence-corrected chi connectivity index (χ4v) is 5.97. The maximum absolute atomic E-state index is 14.8. The number of hydrogen-bond acceptors (Lipinski definition) is 7. The molecule has 2 aliphatic rings. The maximum Gasteiger partial charge on any atom is 0.224 e. The topological polar surface area (TPSA) is 131 Å². The molecule has 3 aromatic rings. The molecule has 5 rings (SSSR count). The van der Waals surface area contributed by atoms with Gasteiger partial charge in [0.2, 0.25) is 17.8 Å². The standard InChI is InChI=1S/C25H30Cl2FN7O2/c26-15-9-17(27)21(18(28)10-15)33-25-32-19-12-31-24(30-11-14-3-1-2-4-20(14)36)34-23(19)35(25)16-7-5-13(6-8-16)22(29)37/h9-10,12-14,16,20,36H,1-8,11H2,(H2,29,37)(H,32,33)(H,30,31,34)/t13?,14-,16?,20+/m0/s1. The van der Waals surface area contributed by atoms with Crippen LogP contribution in [0.25, 0.3) is 11.2 Å². The number of aromatic nitrogens is 4. The van der Waals surface area contributed by atoms with Crippen molar-refractivity contribution >= 4 is 57.9 Å². The Morgan fingerprint density at radius 3 is 2.59 bits per heavy atom. The third kappa shape index (κ3) is 5.61. The van der Waals surface area contributed by atoms with Crippen molar-refractivity contribution in [3.63, 3.8) is 0 Å². The van der Waals surface area contributed by atoms with E-state index in [0.29, 0.717) is 55.3 Å². The first-order valence-electron chi connectivity index (χ1n) is 12.7. The van der Waals surface area contributed by atoms with E-state index in [2.05, 4.69) is 20.6 Å². The van der Waals surface area contributed by atoms with Crippen LogP contribution in [0.4, 0.5) is 22.0 Å². The largest absolute Gasteiger partial charge is 0.393 e. The number of nitrogens with one attached hydrogen (secondary N) is 2. The van der Waals surface area contributed by atoms with E-state index in [4.69, 9.17) is 33.9 Å². The Balaban J connectivity index is 1.48. The molecule has 9 nitrogen and oxygen atoms in total. The number of halogens is 3. The molecular formula is C25H30Cl2FN7O2. The lowest BCUT2D eigenvalue weighted by Crippen LogP contribution is -2.30. The second-order valence-corrected chi connectivity index (χ2v) is 10.8. The Kier molecular flexibility index (Phi) is 7.69. The van der Waals surface area contributed by atoms with Gasteiger partial charge in [-0.3, -0.25) is 9.36 Å². The highest BCUT2D eigenvalue weighted by atomic mass is 35.5. The number of hydrogen-bond donors (Lipinski definition) is 4. The number of nitrogens with zero attached hydrogens (tertiary/aromatic N) is 4. The average Bonchev–Trinajstić information content (AvgIpc) is 3.23. The summed E-state index contributed by atoms with van der Waals surface area (Å²) in [4.78, 5) is 25.5. The highest BCUT2D eigenvalue weighted by Crippen LogP contribution is 2.38. The Morgan fingerprint density at radius 2 is 1.89 bits per heavy atom. The Labute approximate surface area is 224 Å².